The van der Waals surface area contributed by atoms with Gasteiger partial charge in [-0.3, -0.25) is 9.89 Å². The van der Waals surface area contributed by atoms with E-state index in [9.17, 15) is 13.2 Å². The van der Waals surface area contributed by atoms with E-state index in [-0.39, 0.29) is 11.8 Å². The van der Waals surface area contributed by atoms with Gasteiger partial charge in [0.2, 0.25) is 10.0 Å². The first kappa shape index (κ1) is 21.5. The van der Waals surface area contributed by atoms with Crippen molar-refractivity contribution in [1.29, 1.82) is 0 Å². The Morgan fingerprint density at radius 2 is 1.81 bits per heavy atom. The molecule has 2 atom stereocenters. The lowest BCUT2D eigenvalue weighted by Gasteiger charge is -2.37. The minimum absolute atomic E-state index is 0.0544. The maximum absolute atomic E-state index is 13.4. The average Bonchev–Trinajstić information content (AvgIpc) is 3.29. The molecule has 7 heteroatoms. The van der Waals surface area contributed by atoms with Crippen molar-refractivity contribution in [3.8, 4) is 0 Å². The molecule has 1 aromatic heterocycles. The van der Waals surface area contributed by atoms with Gasteiger partial charge in [0.15, 0.2) is 5.78 Å². The number of H-pyrrole nitrogens is 1. The van der Waals surface area contributed by atoms with Gasteiger partial charge in [-0.1, -0.05) is 54.6 Å². The Bertz CT molecular complexity index is 1110. The minimum Gasteiger partial charge on any atom is -0.294 e. The van der Waals surface area contributed by atoms with Gasteiger partial charge in [0.05, 0.1) is 6.20 Å². The van der Waals surface area contributed by atoms with E-state index in [0.29, 0.717) is 31.4 Å². The molecule has 1 unspecified atom stereocenters. The van der Waals surface area contributed by atoms with Crippen LogP contribution in [0.5, 0.6) is 0 Å². The second kappa shape index (κ2) is 9.16. The fourth-order valence-electron chi connectivity index (χ4n) is 4.14. The number of nitrogens with zero attached hydrogens (tertiary/aromatic N) is 2. The van der Waals surface area contributed by atoms with E-state index in [4.69, 9.17) is 0 Å². The summed E-state index contributed by atoms with van der Waals surface area (Å²) >= 11 is 0. The molecular weight excluding hydrogens is 410 g/mol. The van der Waals surface area contributed by atoms with Gasteiger partial charge < -0.3 is 0 Å². The van der Waals surface area contributed by atoms with Crippen molar-refractivity contribution in [1.82, 2.24) is 14.5 Å². The maximum Gasteiger partial charge on any atom is 0.221 e. The Kier molecular flexibility index (Phi) is 6.34. The quantitative estimate of drug-likeness (QED) is 0.559. The van der Waals surface area contributed by atoms with E-state index in [0.717, 1.165) is 23.1 Å². The number of nitrogens with one attached hydrogen (secondary N) is 1. The van der Waals surface area contributed by atoms with Crippen molar-refractivity contribution in [3.05, 3.63) is 89.2 Å². The number of carbonyl (C=O) groups is 1. The number of ketones is 1. The van der Waals surface area contributed by atoms with E-state index in [2.05, 4.69) is 10.2 Å². The first-order chi connectivity index (χ1) is 14.9. The number of aromatic nitrogens is 2. The fraction of sp³-hybridized carbons (Fsp3) is 0.333. The van der Waals surface area contributed by atoms with Gasteiger partial charge in [0, 0.05) is 30.8 Å². The third-order valence-electron chi connectivity index (χ3n) is 6.01. The molecule has 0 amide bonds. The van der Waals surface area contributed by atoms with Gasteiger partial charge in [-0.15, -0.1) is 0 Å². The fourth-order valence-corrected chi connectivity index (χ4v) is 6.34. The summed E-state index contributed by atoms with van der Waals surface area (Å²) in [4.78, 5) is 12.5. The smallest absolute Gasteiger partial charge is 0.221 e. The second-order valence-corrected chi connectivity index (χ2v) is 10.2. The molecule has 2 heterocycles. The number of aryl methyl sites for hydroxylation is 1. The van der Waals surface area contributed by atoms with Crippen molar-refractivity contribution in [2.24, 2.45) is 0 Å². The topological polar surface area (TPSA) is 83.1 Å². The molecule has 2 aromatic carbocycles. The van der Waals surface area contributed by atoms with Crippen LogP contribution < -0.4 is 0 Å². The number of hydrogen-bond acceptors (Lipinski definition) is 4. The molecule has 0 saturated carbocycles. The van der Waals surface area contributed by atoms with Crippen LogP contribution in [0.15, 0.2) is 67.0 Å². The predicted octanol–water partition coefficient (Wildman–Crippen LogP) is 4.28. The molecule has 31 heavy (non-hydrogen) atoms. The lowest BCUT2D eigenvalue weighted by molar-refractivity contribution is 0.0983. The summed E-state index contributed by atoms with van der Waals surface area (Å²) in [6.45, 7) is 2.28. The van der Waals surface area contributed by atoms with Crippen molar-refractivity contribution in [2.75, 3.05) is 0 Å². The van der Waals surface area contributed by atoms with E-state index >= 15 is 0 Å². The minimum atomic E-state index is -3.47. The molecule has 1 N–H and O–H groups in total. The Labute approximate surface area is 183 Å². The molecule has 1 fully saturated rings. The zero-order chi connectivity index (χ0) is 21.8. The summed E-state index contributed by atoms with van der Waals surface area (Å²) in [6, 6.07) is 16.7. The van der Waals surface area contributed by atoms with Crippen molar-refractivity contribution < 1.29 is 13.2 Å². The van der Waals surface area contributed by atoms with Crippen LogP contribution in [0.3, 0.4) is 0 Å². The highest BCUT2D eigenvalue weighted by Gasteiger charge is 2.40. The number of Topliss-reactive ketones (excluding diaryl/α,β-unsaturated/α-hetero) is 1. The summed E-state index contributed by atoms with van der Waals surface area (Å²) in [5.74, 6) is 0.0656. The molecule has 0 spiro atoms. The van der Waals surface area contributed by atoms with Crippen LogP contribution in [-0.2, 0) is 23.0 Å². The van der Waals surface area contributed by atoms with Gasteiger partial charge in [-0.05, 0) is 42.9 Å². The molecular formula is C24H27N3O3S. The zero-order valence-corrected chi connectivity index (χ0v) is 18.4. The largest absolute Gasteiger partial charge is 0.294 e. The molecule has 1 aliphatic rings. The molecule has 3 aromatic rings. The number of aromatic amines is 1. The van der Waals surface area contributed by atoms with E-state index in [1.54, 1.807) is 28.8 Å². The van der Waals surface area contributed by atoms with Gasteiger partial charge in [0.25, 0.3) is 0 Å². The van der Waals surface area contributed by atoms with Gasteiger partial charge in [-0.2, -0.15) is 9.40 Å². The van der Waals surface area contributed by atoms with Crippen molar-refractivity contribution in [2.45, 2.75) is 50.4 Å². The van der Waals surface area contributed by atoms with Gasteiger partial charge in [0.1, 0.15) is 5.25 Å². The Morgan fingerprint density at radius 3 is 2.48 bits per heavy atom. The van der Waals surface area contributed by atoms with E-state index in [1.807, 2.05) is 49.4 Å². The van der Waals surface area contributed by atoms with Crippen LogP contribution in [0.25, 0.3) is 0 Å². The lowest BCUT2D eigenvalue weighted by Crippen LogP contribution is -2.44. The van der Waals surface area contributed by atoms with Gasteiger partial charge in [-0.25, -0.2) is 8.42 Å². The third-order valence-corrected chi connectivity index (χ3v) is 8.38. The summed E-state index contributed by atoms with van der Waals surface area (Å²) in [7, 11) is -3.47. The molecule has 0 aliphatic carbocycles. The molecule has 0 bridgehead atoms. The van der Waals surface area contributed by atoms with E-state index in [1.165, 1.54) is 0 Å². The SMILES string of the molecule is C[C@H]1CCC(c2ccccc2)S(=O)(=O)N1Cc1ccc(C(=O)CCc2cn[nH]c2)cc1. The number of sulfonamides is 1. The summed E-state index contributed by atoms with van der Waals surface area (Å²) in [5, 5.41) is 6.13. The van der Waals surface area contributed by atoms with Gasteiger partial charge >= 0.3 is 0 Å². The van der Waals surface area contributed by atoms with Crippen molar-refractivity contribution >= 4 is 15.8 Å². The number of rotatable bonds is 7. The first-order valence-corrected chi connectivity index (χ1v) is 12.1. The highest BCUT2D eigenvalue weighted by Crippen LogP contribution is 2.38. The average molecular weight is 438 g/mol. The number of carbonyl (C=O) groups excluding carboxylic acids is 1. The molecule has 1 aliphatic heterocycles. The van der Waals surface area contributed by atoms with Crippen LogP contribution >= 0.6 is 0 Å². The first-order valence-electron chi connectivity index (χ1n) is 10.6. The normalized spacial score (nSPS) is 21.1. The van der Waals surface area contributed by atoms with Crippen LogP contribution in [0, 0.1) is 0 Å². The van der Waals surface area contributed by atoms with Crippen molar-refractivity contribution in [3.63, 3.8) is 0 Å². The second-order valence-electron chi connectivity index (χ2n) is 8.14. The Balaban J connectivity index is 1.45. The Hall–Kier alpha value is -2.77. The maximum atomic E-state index is 13.4. The monoisotopic (exact) mass is 437 g/mol. The molecule has 4 rings (SSSR count). The molecule has 0 radical (unpaired) electrons. The zero-order valence-electron chi connectivity index (χ0n) is 17.6. The van der Waals surface area contributed by atoms with Crippen LogP contribution in [0.1, 0.15) is 58.5 Å². The summed E-state index contributed by atoms with van der Waals surface area (Å²) in [5.41, 5.74) is 3.37. The predicted molar refractivity (Wildman–Crippen MR) is 120 cm³/mol. The number of benzene rings is 2. The highest BCUT2D eigenvalue weighted by atomic mass is 32.2. The Morgan fingerprint density at radius 1 is 1.06 bits per heavy atom. The summed E-state index contributed by atoms with van der Waals surface area (Å²) < 4.78 is 28.3. The lowest BCUT2D eigenvalue weighted by atomic mass is 10.0. The van der Waals surface area contributed by atoms with Crippen LogP contribution in [0.2, 0.25) is 0 Å². The van der Waals surface area contributed by atoms with Crippen LogP contribution in [-0.4, -0.2) is 34.7 Å². The molecule has 162 valence electrons. The molecule has 1 saturated heterocycles. The standard InChI is InChI=1S/C24H27N3O3S/c1-18-7-14-24(22-5-3-2-4-6-22)31(29,30)27(18)17-19-8-11-21(12-9-19)23(28)13-10-20-15-25-26-16-20/h2-6,8-9,11-12,15-16,18,24H,7,10,13-14,17H2,1H3,(H,25,26)/t18-,24?/m0/s1. The third kappa shape index (κ3) is 4.78. The van der Waals surface area contributed by atoms with Crippen LogP contribution in [0.4, 0.5) is 0 Å². The van der Waals surface area contributed by atoms with E-state index < -0.39 is 15.3 Å². The highest BCUT2D eigenvalue weighted by molar-refractivity contribution is 7.89. The number of hydrogen-bond donors (Lipinski definition) is 1. The summed E-state index contributed by atoms with van der Waals surface area (Å²) in [6.07, 6.45) is 6.02. The molecule has 6 nitrogen and oxygen atoms in total.